The molecule has 2 aromatic rings. The Balaban J connectivity index is 1.40. The van der Waals surface area contributed by atoms with E-state index < -0.39 is 0 Å². The van der Waals surface area contributed by atoms with Crippen LogP contribution in [0.3, 0.4) is 0 Å². The Bertz CT molecular complexity index is 853. The van der Waals surface area contributed by atoms with Gasteiger partial charge in [-0.1, -0.05) is 31.9 Å². The van der Waals surface area contributed by atoms with Crippen LogP contribution in [0.15, 0.2) is 42.6 Å². The van der Waals surface area contributed by atoms with Crippen LogP contribution in [0.1, 0.15) is 42.1 Å². The van der Waals surface area contributed by atoms with Crippen LogP contribution in [-0.4, -0.2) is 60.4 Å². The molecule has 0 radical (unpaired) electrons. The molecule has 0 aliphatic carbocycles. The lowest BCUT2D eigenvalue weighted by Crippen LogP contribution is -2.38. The minimum absolute atomic E-state index is 0.250. The molecule has 2 heterocycles. The number of aryl methyl sites for hydroxylation is 1. The van der Waals surface area contributed by atoms with Crippen molar-refractivity contribution < 1.29 is 14.3 Å². The average molecular weight is 457 g/mol. The summed E-state index contributed by atoms with van der Waals surface area (Å²) in [6.07, 6.45) is 6.23. The Kier molecular flexibility index (Phi) is 9.87. The van der Waals surface area contributed by atoms with Gasteiger partial charge in [0, 0.05) is 37.6 Å². The maximum Gasteiger partial charge on any atom is 0.258 e. The molecule has 0 bridgehead atoms. The van der Waals surface area contributed by atoms with E-state index in [1.807, 2.05) is 12.1 Å². The molecule has 8 heteroatoms. The van der Waals surface area contributed by atoms with Crippen molar-refractivity contribution in [2.75, 3.05) is 44.8 Å². The Morgan fingerprint density at radius 2 is 1.94 bits per heavy atom. The van der Waals surface area contributed by atoms with Gasteiger partial charge in [0.15, 0.2) is 5.11 Å². The van der Waals surface area contributed by atoms with E-state index in [2.05, 4.69) is 39.6 Å². The van der Waals surface area contributed by atoms with Gasteiger partial charge in [0.25, 0.3) is 5.91 Å². The minimum atomic E-state index is -0.314. The van der Waals surface area contributed by atoms with Crippen LogP contribution in [0.5, 0.6) is 5.88 Å². The van der Waals surface area contributed by atoms with Crippen molar-refractivity contribution >= 4 is 28.9 Å². The molecule has 7 nitrogen and oxygen atoms in total. The molecular formula is C24H32N4O3S. The summed E-state index contributed by atoms with van der Waals surface area (Å²) < 4.78 is 11.0. The smallest absolute Gasteiger partial charge is 0.258 e. The fraction of sp³-hybridized carbons (Fsp3) is 0.458. The highest BCUT2D eigenvalue weighted by Gasteiger charge is 2.11. The summed E-state index contributed by atoms with van der Waals surface area (Å²) >= 11 is 5.27. The van der Waals surface area contributed by atoms with Crippen molar-refractivity contribution in [3.05, 3.63) is 53.7 Å². The van der Waals surface area contributed by atoms with Gasteiger partial charge in [0.2, 0.25) is 5.88 Å². The summed E-state index contributed by atoms with van der Waals surface area (Å²) in [6.45, 7) is 6.96. The number of nitrogens with zero attached hydrogens (tertiary/aromatic N) is 2. The molecule has 1 aromatic heterocycles. The molecule has 32 heavy (non-hydrogen) atoms. The molecule has 1 fully saturated rings. The number of unbranched alkanes of at least 4 members (excludes halogenated alkanes) is 2. The third-order valence-corrected chi connectivity index (χ3v) is 5.47. The van der Waals surface area contributed by atoms with Crippen molar-refractivity contribution in [3.63, 3.8) is 0 Å². The molecule has 3 rings (SSSR count). The molecule has 172 valence electrons. The molecule has 1 saturated heterocycles. The summed E-state index contributed by atoms with van der Waals surface area (Å²) in [5, 5.41) is 5.99. The Morgan fingerprint density at radius 1 is 1.16 bits per heavy atom. The monoisotopic (exact) mass is 456 g/mol. The summed E-state index contributed by atoms with van der Waals surface area (Å²) in [7, 11) is 0. The van der Waals surface area contributed by atoms with Crippen molar-refractivity contribution in [3.8, 4) is 5.88 Å². The average Bonchev–Trinajstić information content (AvgIpc) is 2.81. The maximum atomic E-state index is 12.4. The van der Waals surface area contributed by atoms with E-state index >= 15 is 0 Å². The van der Waals surface area contributed by atoms with E-state index in [9.17, 15) is 4.79 Å². The summed E-state index contributed by atoms with van der Waals surface area (Å²) in [4.78, 5) is 19.0. The van der Waals surface area contributed by atoms with Crippen molar-refractivity contribution in [1.82, 2.24) is 15.2 Å². The molecular weight excluding hydrogens is 424 g/mol. The van der Waals surface area contributed by atoms with Gasteiger partial charge in [0.1, 0.15) is 6.61 Å². The summed E-state index contributed by atoms with van der Waals surface area (Å²) in [6, 6.07) is 11.5. The van der Waals surface area contributed by atoms with Gasteiger partial charge in [-0.15, -0.1) is 0 Å². The topological polar surface area (TPSA) is 75.7 Å². The van der Waals surface area contributed by atoms with E-state index in [0.29, 0.717) is 18.1 Å². The highest BCUT2D eigenvalue weighted by molar-refractivity contribution is 7.80. The third-order valence-electron chi connectivity index (χ3n) is 5.27. The Hall–Kier alpha value is -2.55. The van der Waals surface area contributed by atoms with Crippen LogP contribution in [0, 0.1) is 0 Å². The number of morpholine rings is 1. The van der Waals surface area contributed by atoms with E-state index in [1.165, 1.54) is 31.0 Å². The first kappa shape index (κ1) is 24.1. The Morgan fingerprint density at radius 3 is 2.62 bits per heavy atom. The second kappa shape index (κ2) is 13.1. The zero-order chi connectivity index (χ0) is 22.6. The van der Waals surface area contributed by atoms with Crippen LogP contribution in [0.4, 0.5) is 5.69 Å². The number of anilines is 1. The molecule has 1 aromatic carbocycles. The largest absolute Gasteiger partial charge is 0.476 e. The van der Waals surface area contributed by atoms with E-state index in [4.69, 9.17) is 21.7 Å². The standard InChI is InChI=1S/C24H32N4O3S/c1-2-3-4-5-19-6-9-21(10-7-19)26-24(32)27-23(29)20-8-11-22(25-18-20)31-17-14-28-12-15-30-16-13-28/h6-11,18H,2-5,12-17H2,1H3,(H2,26,27,29,32). The molecule has 0 atom stereocenters. The van der Waals surface area contributed by atoms with Gasteiger partial charge < -0.3 is 14.8 Å². The number of rotatable bonds is 10. The number of aromatic nitrogens is 1. The molecule has 0 saturated carbocycles. The molecule has 1 aliphatic heterocycles. The number of hydrogen-bond donors (Lipinski definition) is 2. The number of ether oxygens (including phenoxy) is 2. The number of nitrogens with one attached hydrogen (secondary N) is 2. The summed E-state index contributed by atoms with van der Waals surface area (Å²) in [5.74, 6) is 0.181. The van der Waals surface area contributed by atoms with Crippen LogP contribution in [0.2, 0.25) is 0 Å². The number of benzene rings is 1. The molecule has 1 amide bonds. The number of carbonyl (C=O) groups is 1. The van der Waals surface area contributed by atoms with Gasteiger partial charge in [-0.3, -0.25) is 15.0 Å². The Labute approximate surface area is 195 Å². The van der Waals surface area contributed by atoms with Gasteiger partial charge in [-0.25, -0.2) is 4.98 Å². The first-order valence-electron chi connectivity index (χ1n) is 11.2. The maximum absolute atomic E-state index is 12.4. The first-order valence-corrected chi connectivity index (χ1v) is 11.6. The zero-order valence-corrected chi connectivity index (χ0v) is 19.5. The predicted octanol–water partition coefficient (Wildman–Crippen LogP) is 3.65. The van der Waals surface area contributed by atoms with Crippen molar-refractivity contribution in [1.29, 1.82) is 0 Å². The SMILES string of the molecule is CCCCCc1ccc(NC(=S)NC(=O)c2ccc(OCCN3CCOCC3)nc2)cc1. The molecule has 2 N–H and O–H groups in total. The number of thiocarbonyl (C=S) groups is 1. The van der Waals surface area contributed by atoms with Crippen LogP contribution in [-0.2, 0) is 11.2 Å². The van der Waals surface area contributed by atoms with Crippen LogP contribution in [0.25, 0.3) is 0 Å². The predicted molar refractivity (Wildman–Crippen MR) is 130 cm³/mol. The molecule has 0 unspecified atom stereocenters. The lowest BCUT2D eigenvalue weighted by atomic mass is 10.1. The van der Waals surface area contributed by atoms with Crippen molar-refractivity contribution in [2.45, 2.75) is 32.6 Å². The van der Waals surface area contributed by atoms with Gasteiger partial charge >= 0.3 is 0 Å². The van der Waals surface area contributed by atoms with Gasteiger partial charge in [-0.05, 0) is 48.8 Å². The fourth-order valence-electron chi connectivity index (χ4n) is 3.38. The quantitative estimate of drug-likeness (QED) is 0.417. The van der Waals surface area contributed by atoms with E-state index in [1.54, 1.807) is 12.1 Å². The summed E-state index contributed by atoms with van der Waals surface area (Å²) in [5.41, 5.74) is 2.56. The highest BCUT2D eigenvalue weighted by atomic mass is 32.1. The van der Waals surface area contributed by atoms with Crippen LogP contribution < -0.4 is 15.4 Å². The van der Waals surface area contributed by atoms with E-state index in [0.717, 1.165) is 45.0 Å². The van der Waals surface area contributed by atoms with Crippen LogP contribution >= 0.6 is 12.2 Å². The highest BCUT2D eigenvalue weighted by Crippen LogP contribution is 2.13. The number of pyridine rings is 1. The first-order chi connectivity index (χ1) is 15.6. The van der Waals surface area contributed by atoms with Gasteiger partial charge in [-0.2, -0.15) is 0 Å². The normalized spacial score (nSPS) is 14.0. The number of carbonyl (C=O) groups excluding carboxylic acids is 1. The second-order valence-corrected chi connectivity index (χ2v) is 8.16. The third kappa shape index (κ3) is 8.18. The number of amides is 1. The lowest BCUT2D eigenvalue weighted by Gasteiger charge is -2.26. The molecule has 0 spiro atoms. The lowest BCUT2D eigenvalue weighted by molar-refractivity contribution is 0.0320. The fourth-order valence-corrected chi connectivity index (χ4v) is 3.59. The van der Waals surface area contributed by atoms with Gasteiger partial charge in [0.05, 0.1) is 18.8 Å². The molecule has 1 aliphatic rings. The second-order valence-electron chi connectivity index (χ2n) is 7.75. The van der Waals surface area contributed by atoms with E-state index in [-0.39, 0.29) is 11.0 Å². The number of hydrogen-bond acceptors (Lipinski definition) is 6. The van der Waals surface area contributed by atoms with Crippen molar-refractivity contribution in [2.24, 2.45) is 0 Å². The zero-order valence-electron chi connectivity index (χ0n) is 18.6. The minimum Gasteiger partial charge on any atom is -0.476 e.